The number of hydrogen-bond acceptors (Lipinski definition) is 0. The molecule has 174 valence electrons. The van der Waals surface area contributed by atoms with Crippen molar-refractivity contribution >= 4 is 32.3 Å². The quantitative estimate of drug-likeness (QED) is 0.241. The second-order valence-electron chi connectivity index (χ2n) is 9.79. The molecule has 0 bridgehead atoms. The van der Waals surface area contributed by atoms with E-state index < -0.39 is 0 Å². The van der Waals surface area contributed by atoms with Crippen LogP contribution in [0.15, 0.2) is 140 Å². The van der Waals surface area contributed by atoms with Gasteiger partial charge in [0, 0.05) is 0 Å². The maximum atomic E-state index is 2.37. The number of benzene rings is 7. The second kappa shape index (κ2) is 8.76. The summed E-state index contributed by atoms with van der Waals surface area (Å²) in [5.74, 6) is 0. The molecule has 0 aliphatic rings. The molecule has 0 fully saturated rings. The van der Waals surface area contributed by atoms with E-state index in [0.29, 0.717) is 0 Å². The molecule has 0 aliphatic heterocycles. The van der Waals surface area contributed by atoms with Crippen molar-refractivity contribution in [3.8, 4) is 33.4 Å². The minimum Gasteiger partial charge on any atom is -0.0616 e. The Kier molecular flexibility index (Phi) is 5.11. The topological polar surface area (TPSA) is 0 Å². The monoisotopic (exact) mass is 470 g/mol. The lowest BCUT2D eigenvalue weighted by Gasteiger charge is -2.16. The van der Waals surface area contributed by atoms with Crippen molar-refractivity contribution in [2.75, 3.05) is 0 Å². The third kappa shape index (κ3) is 3.61. The molecule has 0 saturated carbocycles. The van der Waals surface area contributed by atoms with Crippen LogP contribution in [-0.4, -0.2) is 0 Å². The van der Waals surface area contributed by atoms with Crippen molar-refractivity contribution in [3.63, 3.8) is 0 Å². The third-order valence-electron chi connectivity index (χ3n) is 7.63. The van der Waals surface area contributed by atoms with E-state index in [1.165, 1.54) is 71.3 Å². The molecule has 0 aliphatic carbocycles. The summed E-state index contributed by atoms with van der Waals surface area (Å²) in [5, 5.41) is 7.68. The Morgan fingerprint density at radius 1 is 0.324 bits per heavy atom. The Hall–Kier alpha value is -4.68. The highest BCUT2D eigenvalue weighted by Crippen LogP contribution is 2.40. The lowest BCUT2D eigenvalue weighted by atomic mass is 9.87. The van der Waals surface area contributed by atoms with E-state index in [0.717, 1.165) is 0 Å². The van der Waals surface area contributed by atoms with Gasteiger partial charge in [0.2, 0.25) is 0 Å². The molecule has 0 aromatic heterocycles. The summed E-state index contributed by atoms with van der Waals surface area (Å²) in [7, 11) is 0. The van der Waals surface area contributed by atoms with Gasteiger partial charge in [0.15, 0.2) is 0 Å². The molecule has 0 nitrogen and oxygen atoms in total. The van der Waals surface area contributed by atoms with Gasteiger partial charge in [-0.2, -0.15) is 0 Å². The molecular weight excluding hydrogens is 444 g/mol. The van der Waals surface area contributed by atoms with Crippen LogP contribution >= 0.6 is 0 Å². The summed E-state index contributed by atoms with van der Waals surface area (Å²) in [4.78, 5) is 0. The molecule has 0 saturated heterocycles. The molecule has 7 rings (SSSR count). The van der Waals surface area contributed by atoms with Gasteiger partial charge in [-0.15, -0.1) is 0 Å². The van der Waals surface area contributed by atoms with Crippen LogP contribution in [0.25, 0.3) is 65.7 Å². The highest BCUT2D eigenvalue weighted by Gasteiger charge is 2.14. The average Bonchev–Trinajstić information content (AvgIpc) is 2.96. The molecule has 0 radical (unpaired) electrons. The predicted molar refractivity (Wildman–Crippen MR) is 160 cm³/mol. The standard InChI is InChI=1S/C37H26/c1-25-20-21-28(31-18-8-12-26-10-2-4-14-29(26)31)24-37(25)36-23-22-35(33-16-6-7-17-34(33)36)32-19-9-13-27-11-3-5-15-30(27)32/h2-24H,1H3. The van der Waals surface area contributed by atoms with Crippen molar-refractivity contribution in [3.05, 3.63) is 145 Å². The van der Waals surface area contributed by atoms with Gasteiger partial charge >= 0.3 is 0 Å². The van der Waals surface area contributed by atoms with Crippen LogP contribution < -0.4 is 0 Å². The van der Waals surface area contributed by atoms with E-state index in [1.807, 2.05) is 0 Å². The number of aryl methyl sites for hydroxylation is 1. The molecule has 0 heteroatoms. The minimum absolute atomic E-state index is 1.25. The Morgan fingerprint density at radius 2 is 0.784 bits per heavy atom. The highest BCUT2D eigenvalue weighted by molar-refractivity contribution is 6.10. The molecule has 0 heterocycles. The zero-order valence-corrected chi connectivity index (χ0v) is 20.8. The van der Waals surface area contributed by atoms with Gasteiger partial charge in [-0.1, -0.05) is 133 Å². The smallest absolute Gasteiger partial charge is 0.00987 e. The maximum absolute atomic E-state index is 2.37. The number of hydrogen-bond donors (Lipinski definition) is 0. The average molecular weight is 471 g/mol. The molecule has 7 aromatic carbocycles. The molecule has 0 amide bonds. The van der Waals surface area contributed by atoms with Gasteiger partial charge in [-0.05, 0) is 84.3 Å². The number of fused-ring (bicyclic) bond motifs is 3. The van der Waals surface area contributed by atoms with Gasteiger partial charge in [0.1, 0.15) is 0 Å². The van der Waals surface area contributed by atoms with E-state index in [1.54, 1.807) is 0 Å². The SMILES string of the molecule is Cc1ccc(-c2cccc3ccccc23)cc1-c1ccc(-c2cccc3ccccc23)c2ccccc12. The molecule has 0 atom stereocenters. The largest absolute Gasteiger partial charge is 0.0616 e. The summed E-state index contributed by atoms with van der Waals surface area (Å²) in [6.07, 6.45) is 0. The van der Waals surface area contributed by atoms with Crippen molar-refractivity contribution < 1.29 is 0 Å². The Morgan fingerprint density at radius 3 is 1.43 bits per heavy atom. The summed E-state index contributed by atoms with van der Waals surface area (Å²) in [6.45, 7) is 2.22. The van der Waals surface area contributed by atoms with E-state index in [2.05, 4.69) is 146 Å². The van der Waals surface area contributed by atoms with Gasteiger partial charge in [0.25, 0.3) is 0 Å². The summed E-state index contributed by atoms with van der Waals surface area (Å²) < 4.78 is 0. The van der Waals surface area contributed by atoms with Crippen LogP contribution in [0.5, 0.6) is 0 Å². The first kappa shape index (κ1) is 21.6. The van der Waals surface area contributed by atoms with Gasteiger partial charge in [-0.25, -0.2) is 0 Å². The minimum atomic E-state index is 1.25. The Labute approximate surface area is 217 Å². The Bertz CT molecular complexity index is 1930. The fourth-order valence-corrected chi connectivity index (χ4v) is 5.79. The summed E-state index contributed by atoms with van der Waals surface area (Å²) >= 11 is 0. The van der Waals surface area contributed by atoms with Gasteiger partial charge in [0.05, 0.1) is 0 Å². The van der Waals surface area contributed by atoms with Crippen LogP contribution in [0, 0.1) is 6.92 Å². The normalized spacial score (nSPS) is 11.4. The maximum Gasteiger partial charge on any atom is -0.00987 e. The van der Waals surface area contributed by atoms with E-state index in [4.69, 9.17) is 0 Å². The zero-order valence-electron chi connectivity index (χ0n) is 20.8. The number of rotatable bonds is 3. The van der Waals surface area contributed by atoms with Crippen molar-refractivity contribution in [2.45, 2.75) is 6.92 Å². The lowest BCUT2D eigenvalue weighted by molar-refractivity contribution is 1.46. The first-order chi connectivity index (χ1) is 18.3. The van der Waals surface area contributed by atoms with E-state index in [9.17, 15) is 0 Å². The summed E-state index contributed by atoms with van der Waals surface area (Å²) in [5.41, 5.74) is 8.93. The van der Waals surface area contributed by atoms with Crippen LogP contribution in [0.4, 0.5) is 0 Å². The van der Waals surface area contributed by atoms with Crippen LogP contribution in [-0.2, 0) is 0 Å². The van der Waals surface area contributed by atoms with E-state index in [-0.39, 0.29) is 0 Å². The van der Waals surface area contributed by atoms with Gasteiger partial charge in [-0.3, -0.25) is 0 Å². The fourth-order valence-electron chi connectivity index (χ4n) is 5.79. The fraction of sp³-hybridized carbons (Fsp3) is 0.0270. The second-order valence-corrected chi connectivity index (χ2v) is 9.79. The first-order valence-corrected chi connectivity index (χ1v) is 12.9. The van der Waals surface area contributed by atoms with Crippen molar-refractivity contribution in [2.24, 2.45) is 0 Å². The van der Waals surface area contributed by atoms with Crippen LogP contribution in [0.1, 0.15) is 5.56 Å². The molecule has 37 heavy (non-hydrogen) atoms. The summed E-state index contributed by atoms with van der Waals surface area (Å²) in [6, 6.07) is 50.8. The first-order valence-electron chi connectivity index (χ1n) is 12.9. The van der Waals surface area contributed by atoms with Crippen molar-refractivity contribution in [1.82, 2.24) is 0 Å². The molecule has 7 aromatic rings. The lowest BCUT2D eigenvalue weighted by Crippen LogP contribution is -1.90. The molecule has 0 unspecified atom stereocenters. The van der Waals surface area contributed by atoms with Crippen LogP contribution in [0.2, 0.25) is 0 Å². The molecule has 0 spiro atoms. The van der Waals surface area contributed by atoms with Crippen LogP contribution in [0.3, 0.4) is 0 Å². The third-order valence-corrected chi connectivity index (χ3v) is 7.63. The van der Waals surface area contributed by atoms with Crippen molar-refractivity contribution in [1.29, 1.82) is 0 Å². The van der Waals surface area contributed by atoms with Gasteiger partial charge < -0.3 is 0 Å². The molecule has 0 N–H and O–H groups in total. The zero-order chi connectivity index (χ0) is 24.8. The predicted octanol–water partition coefficient (Wildman–Crippen LogP) is 10.5. The Balaban J connectivity index is 1.45. The molecular formula is C37H26. The highest BCUT2D eigenvalue weighted by atomic mass is 14.2. The van der Waals surface area contributed by atoms with E-state index >= 15 is 0 Å².